The summed E-state index contributed by atoms with van der Waals surface area (Å²) in [5.74, 6) is 0. The number of hydrogen-bond donors (Lipinski definition) is 1. The number of nitrogen functional groups attached to an aromatic ring is 1. The van der Waals surface area contributed by atoms with Crippen molar-refractivity contribution in [2.75, 3.05) is 43.5 Å². The number of rotatable bonds is 0. The van der Waals surface area contributed by atoms with Crippen LogP contribution in [-0.2, 0) is 11.2 Å². The number of nitrogens with zero attached hydrogens (tertiary/aromatic N) is 2. The molecule has 1 fully saturated rings. The smallest absolute Gasteiger partial charge is 0.324 e. The minimum absolute atomic E-state index is 0.0719. The van der Waals surface area contributed by atoms with Crippen LogP contribution in [-0.4, -0.2) is 43.8 Å². The van der Waals surface area contributed by atoms with Gasteiger partial charge in [-0.15, -0.1) is 0 Å². The summed E-state index contributed by atoms with van der Waals surface area (Å²) in [7, 11) is 0. The minimum Gasteiger partial charge on any atom is -0.398 e. The van der Waals surface area contributed by atoms with Crippen LogP contribution in [0.4, 0.5) is 16.2 Å². The van der Waals surface area contributed by atoms with Gasteiger partial charge in [-0.3, -0.25) is 4.90 Å². The van der Waals surface area contributed by atoms with E-state index in [9.17, 15) is 4.79 Å². The van der Waals surface area contributed by atoms with Crippen LogP contribution in [0, 0.1) is 0 Å². The Hall–Kier alpha value is -1.75. The fraction of sp³-hybridized carbons (Fsp3) is 0.462. The van der Waals surface area contributed by atoms with Crippen molar-refractivity contribution in [1.82, 2.24) is 4.90 Å². The molecule has 0 aliphatic carbocycles. The molecule has 2 heterocycles. The molecule has 96 valence electrons. The zero-order chi connectivity index (χ0) is 12.5. The predicted octanol–water partition coefficient (Wildman–Crippen LogP) is 1.08. The van der Waals surface area contributed by atoms with Gasteiger partial charge in [-0.05, 0) is 18.6 Å². The highest BCUT2D eigenvalue weighted by Gasteiger charge is 2.29. The summed E-state index contributed by atoms with van der Waals surface area (Å²) in [6.07, 6.45) is 0.845. The predicted molar refractivity (Wildman–Crippen MR) is 69.7 cm³/mol. The molecule has 1 aromatic rings. The molecule has 1 saturated heterocycles. The maximum atomic E-state index is 12.4. The van der Waals surface area contributed by atoms with Crippen molar-refractivity contribution in [3.63, 3.8) is 0 Å². The SMILES string of the molecule is Nc1cccc2c1CCN2C(=O)N1CCOCC1. The maximum Gasteiger partial charge on any atom is 0.324 e. The quantitative estimate of drug-likeness (QED) is 0.698. The summed E-state index contributed by atoms with van der Waals surface area (Å²) in [6, 6.07) is 5.83. The molecule has 0 spiro atoms. The maximum absolute atomic E-state index is 12.4. The molecule has 0 atom stereocenters. The van der Waals surface area contributed by atoms with Crippen LogP contribution in [0.15, 0.2) is 18.2 Å². The van der Waals surface area contributed by atoms with Crippen molar-refractivity contribution < 1.29 is 9.53 Å². The number of morpholine rings is 1. The van der Waals surface area contributed by atoms with Crippen molar-refractivity contribution in [2.24, 2.45) is 0 Å². The number of fused-ring (bicyclic) bond motifs is 1. The van der Waals surface area contributed by atoms with Gasteiger partial charge in [0.1, 0.15) is 0 Å². The van der Waals surface area contributed by atoms with Crippen LogP contribution >= 0.6 is 0 Å². The second-order valence-corrected chi connectivity index (χ2v) is 4.63. The molecule has 0 saturated carbocycles. The van der Waals surface area contributed by atoms with E-state index >= 15 is 0 Å². The molecule has 5 nitrogen and oxygen atoms in total. The zero-order valence-electron chi connectivity index (χ0n) is 10.3. The first-order valence-electron chi connectivity index (χ1n) is 6.29. The molecule has 2 N–H and O–H groups in total. The Morgan fingerprint density at radius 1 is 1.22 bits per heavy atom. The Balaban J connectivity index is 1.83. The van der Waals surface area contributed by atoms with Crippen molar-refractivity contribution in [3.05, 3.63) is 23.8 Å². The van der Waals surface area contributed by atoms with Crippen LogP contribution < -0.4 is 10.6 Å². The number of hydrogen-bond acceptors (Lipinski definition) is 3. The Bertz CT molecular complexity index is 469. The number of carbonyl (C=O) groups is 1. The number of benzene rings is 1. The number of nitrogens with two attached hydrogens (primary N) is 1. The Morgan fingerprint density at radius 2 is 2.00 bits per heavy atom. The van der Waals surface area contributed by atoms with Crippen molar-refractivity contribution in [3.8, 4) is 0 Å². The lowest BCUT2D eigenvalue weighted by Crippen LogP contribution is -2.47. The van der Waals surface area contributed by atoms with Crippen LogP contribution in [0.25, 0.3) is 0 Å². The first-order chi connectivity index (χ1) is 8.77. The molecule has 0 aromatic heterocycles. The van der Waals surface area contributed by atoms with Gasteiger partial charge in [0, 0.05) is 30.9 Å². The molecule has 1 aromatic carbocycles. The van der Waals surface area contributed by atoms with E-state index in [-0.39, 0.29) is 6.03 Å². The summed E-state index contributed by atoms with van der Waals surface area (Å²) < 4.78 is 5.27. The number of ether oxygens (including phenoxy) is 1. The lowest BCUT2D eigenvalue weighted by atomic mass is 10.1. The Labute approximate surface area is 106 Å². The van der Waals surface area contributed by atoms with Crippen LogP contribution in [0.1, 0.15) is 5.56 Å². The largest absolute Gasteiger partial charge is 0.398 e. The highest BCUT2D eigenvalue weighted by atomic mass is 16.5. The molecule has 0 unspecified atom stereocenters. The molecule has 2 aliphatic rings. The highest BCUT2D eigenvalue weighted by Crippen LogP contribution is 2.32. The lowest BCUT2D eigenvalue weighted by molar-refractivity contribution is 0.0550. The molecule has 2 amide bonds. The molecule has 18 heavy (non-hydrogen) atoms. The average molecular weight is 247 g/mol. The van der Waals surface area contributed by atoms with Crippen LogP contribution in [0.2, 0.25) is 0 Å². The molecular weight excluding hydrogens is 230 g/mol. The van der Waals surface area contributed by atoms with Crippen LogP contribution in [0.3, 0.4) is 0 Å². The molecule has 5 heteroatoms. The van der Waals surface area contributed by atoms with E-state index in [1.165, 1.54) is 0 Å². The normalized spacial score (nSPS) is 18.9. The van der Waals surface area contributed by atoms with Gasteiger partial charge in [0.25, 0.3) is 0 Å². The average Bonchev–Trinajstić information content (AvgIpc) is 2.84. The third-order valence-corrected chi connectivity index (χ3v) is 3.58. The van der Waals surface area contributed by atoms with E-state index in [4.69, 9.17) is 10.5 Å². The van der Waals surface area contributed by atoms with E-state index in [1.807, 2.05) is 28.0 Å². The minimum atomic E-state index is 0.0719. The zero-order valence-corrected chi connectivity index (χ0v) is 10.3. The number of amides is 2. The summed E-state index contributed by atoms with van der Waals surface area (Å²) in [5, 5.41) is 0. The van der Waals surface area contributed by atoms with Gasteiger partial charge in [0.15, 0.2) is 0 Å². The van der Waals surface area contributed by atoms with Gasteiger partial charge in [0.2, 0.25) is 0 Å². The van der Waals surface area contributed by atoms with E-state index < -0.39 is 0 Å². The van der Waals surface area contributed by atoms with E-state index in [0.717, 1.165) is 29.9 Å². The molecule has 0 bridgehead atoms. The van der Waals surface area contributed by atoms with Gasteiger partial charge in [-0.25, -0.2) is 4.79 Å². The summed E-state index contributed by atoms with van der Waals surface area (Å²) >= 11 is 0. The molecular formula is C13H17N3O2. The number of carbonyl (C=O) groups excluding carboxylic acids is 1. The molecule has 2 aliphatic heterocycles. The van der Waals surface area contributed by atoms with Gasteiger partial charge in [-0.1, -0.05) is 6.07 Å². The Morgan fingerprint density at radius 3 is 2.78 bits per heavy atom. The van der Waals surface area contributed by atoms with Gasteiger partial charge in [-0.2, -0.15) is 0 Å². The van der Waals surface area contributed by atoms with Gasteiger partial charge >= 0.3 is 6.03 Å². The number of anilines is 2. The first kappa shape index (κ1) is 11.3. The third-order valence-electron chi connectivity index (χ3n) is 3.58. The summed E-state index contributed by atoms with van der Waals surface area (Å²) in [4.78, 5) is 16.1. The van der Waals surface area contributed by atoms with E-state index in [2.05, 4.69) is 0 Å². The van der Waals surface area contributed by atoms with Gasteiger partial charge < -0.3 is 15.4 Å². The standard InChI is InChI=1S/C13H17N3O2/c14-11-2-1-3-12-10(11)4-5-16(12)13(17)15-6-8-18-9-7-15/h1-3H,4-9,14H2. The summed E-state index contributed by atoms with van der Waals surface area (Å²) in [6.45, 7) is 3.33. The molecule has 3 rings (SSSR count). The number of urea groups is 1. The second kappa shape index (κ2) is 4.49. The van der Waals surface area contributed by atoms with E-state index in [0.29, 0.717) is 26.3 Å². The van der Waals surface area contributed by atoms with Crippen molar-refractivity contribution in [1.29, 1.82) is 0 Å². The second-order valence-electron chi connectivity index (χ2n) is 4.63. The fourth-order valence-corrected chi connectivity index (χ4v) is 2.59. The summed E-state index contributed by atoms with van der Waals surface area (Å²) in [5.41, 5.74) is 8.78. The Kier molecular flexibility index (Phi) is 2.83. The van der Waals surface area contributed by atoms with Gasteiger partial charge in [0.05, 0.1) is 18.9 Å². The van der Waals surface area contributed by atoms with Crippen LogP contribution in [0.5, 0.6) is 0 Å². The lowest BCUT2D eigenvalue weighted by Gasteiger charge is -2.31. The third kappa shape index (κ3) is 1.80. The molecule has 0 radical (unpaired) electrons. The van der Waals surface area contributed by atoms with Crippen molar-refractivity contribution in [2.45, 2.75) is 6.42 Å². The fourth-order valence-electron chi connectivity index (χ4n) is 2.59. The highest BCUT2D eigenvalue weighted by molar-refractivity contribution is 5.95. The first-order valence-corrected chi connectivity index (χ1v) is 6.29. The van der Waals surface area contributed by atoms with Crippen molar-refractivity contribution >= 4 is 17.4 Å². The topological polar surface area (TPSA) is 58.8 Å². The monoisotopic (exact) mass is 247 g/mol. The van der Waals surface area contributed by atoms with E-state index in [1.54, 1.807) is 0 Å².